The summed E-state index contributed by atoms with van der Waals surface area (Å²) in [5.74, 6) is 0. The number of aliphatic imine (C=N–C) groups is 2. The third-order valence-corrected chi connectivity index (χ3v) is 3.66. The summed E-state index contributed by atoms with van der Waals surface area (Å²) in [6.45, 7) is 4.19. The van der Waals surface area contributed by atoms with E-state index in [0.717, 1.165) is 18.2 Å². The van der Waals surface area contributed by atoms with Crippen molar-refractivity contribution in [3.63, 3.8) is 0 Å². The molecule has 0 saturated carbocycles. The van der Waals surface area contributed by atoms with E-state index >= 15 is 0 Å². The molecule has 0 heterocycles. The number of aryl methyl sites for hydroxylation is 2. The minimum atomic E-state index is -4.56. The molecular formula is C16H14N2O5S. The van der Waals surface area contributed by atoms with Crippen LogP contribution < -0.4 is 0 Å². The molecule has 0 spiro atoms. The molecule has 2 rings (SSSR count). The van der Waals surface area contributed by atoms with Crippen LogP contribution in [-0.4, -0.2) is 25.1 Å². The van der Waals surface area contributed by atoms with Crippen LogP contribution in [0.15, 0.2) is 57.3 Å². The Morgan fingerprint density at radius 3 is 1.79 bits per heavy atom. The summed E-state index contributed by atoms with van der Waals surface area (Å²) in [6.07, 6.45) is 2.34. The summed E-state index contributed by atoms with van der Waals surface area (Å²) < 4.78 is 30.7. The van der Waals surface area contributed by atoms with E-state index in [4.69, 9.17) is 4.55 Å². The molecule has 0 amide bonds. The van der Waals surface area contributed by atoms with Gasteiger partial charge in [-0.05, 0) is 32.0 Å². The van der Waals surface area contributed by atoms with E-state index in [0.29, 0.717) is 0 Å². The maximum atomic E-state index is 10.9. The molecule has 0 aliphatic rings. The van der Waals surface area contributed by atoms with Gasteiger partial charge in [0.1, 0.15) is 4.90 Å². The zero-order valence-corrected chi connectivity index (χ0v) is 13.7. The Labute approximate surface area is 139 Å². The van der Waals surface area contributed by atoms with Crippen molar-refractivity contribution < 1.29 is 22.6 Å². The van der Waals surface area contributed by atoms with Crippen LogP contribution in [0.4, 0.5) is 11.4 Å². The Morgan fingerprint density at radius 2 is 1.38 bits per heavy atom. The van der Waals surface area contributed by atoms with Crippen molar-refractivity contribution in [3.8, 4) is 0 Å². The van der Waals surface area contributed by atoms with Gasteiger partial charge < -0.3 is 0 Å². The highest BCUT2D eigenvalue weighted by Gasteiger charge is 2.16. The highest BCUT2D eigenvalue weighted by atomic mass is 32.2. The Balaban J connectivity index is 0.000000300. The molecule has 0 aliphatic carbocycles. The van der Waals surface area contributed by atoms with Gasteiger partial charge in [-0.3, -0.25) is 4.55 Å². The first kappa shape index (κ1) is 19.2. The number of hydrogen-bond donors (Lipinski definition) is 1. The molecule has 0 aliphatic heterocycles. The van der Waals surface area contributed by atoms with Crippen LogP contribution in [0.2, 0.25) is 0 Å². The summed E-state index contributed by atoms with van der Waals surface area (Å²) in [5.41, 5.74) is 2.33. The van der Waals surface area contributed by atoms with Gasteiger partial charge in [0, 0.05) is 0 Å². The number of rotatable bonds is 3. The number of hydrogen-bond acceptors (Lipinski definition) is 6. The van der Waals surface area contributed by atoms with Crippen molar-refractivity contribution in [2.24, 2.45) is 9.98 Å². The first-order valence-corrected chi connectivity index (χ1v) is 8.02. The molecular weight excluding hydrogens is 332 g/mol. The Hall–Kier alpha value is -2.89. The average Bonchev–Trinajstić information content (AvgIpc) is 2.52. The Bertz CT molecular complexity index is 887. The molecule has 1 N–H and O–H groups in total. The van der Waals surface area contributed by atoms with Crippen LogP contribution in [0.25, 0.3) is 0 Å². The molecule has 2 aromatic carbocycles. The zero-order valence-electron chi connectivity index (χ0n) is 12.9. The maximum Gasteiger partial charge on any atom is 0.296 e. The monoisotopic (exact) mass is 346 g/mol. The second-order valence-electron chi connectivity index (χ2n) is 4.69. The highest BCUT2D eigenvalue weighted by Crippen LogP contribution is 2.28. The molecule has 8 heteroatoms. The molecule has 0 atom stereocenters. The topological polar surface area (TPSA) is 113 Å². The molecule has 0 bridgehead atoms. The van der Waals surface area contributed by atoms with E-state index in [2.05, 4.69) is 48.1 Å². The van der Waals surface area contributed by atoms with E-state index in [1.807, 2.05) is 0 Å². The molecule has 0 unspecified atom stereocenters. The van der Waals surface area contributed by atoms with Crippen LogP contribution in [0.1, 0.15) is 11.1 Å². The van der Waals surface area contributed by atoms with Gasteiger partial charge in [0.2, 0.25) is 12.2 Å². The van der Waals surface area contributed by atoms with Crippen LogP contribution in [0.3, 0.4) is 0 Å². The van der Waals surface area contributed by atoms with Crippen LogP contribution in [0.5, 0.6) is 0 Å². The Kier molecular flexibility index (Phi) is 6.92. The zero-order chi connectivity index (χ0) is 18.2. The van der Waals surface area contributed by atoms with Crippen LogP contribution >= 0.6 is 0 Å². The van der Waals surface area contributed by atoms with Gasteiger partial charge in [-0.25, -0.2) is 9.59 Å². The highest BCUT2D eigenvalue weighted by molar-refractivity contribution is 7.86. The lowest BCUT2D eigenvalue weighted by molar-refractivity contribution is 0.483. The minimum absolute atomic E-state index is 0.0347. The lowest BCUT2D eigenvalue weighted by atomic mass is 10.2. The normalized spacial score (nSPS) is 9.79. The van der Waals surface area contributed by atoms with Gasteiger partial charge in [-0.2, -0.15) is 18.4 Å². The molecule has 0 radical (unpaired) electrons. The van der Waals surface area contributed by atoms with Crippen molar-refractivity contribution >= 4 is 33.7 Å². The van der Waals surface area contributed by atoms with E-state index < -0.39 is 15.0 Å². The van der Waals surface area contributed by atoms with Crippen molar-refractivity contribution in [1.82, 2.24) is 0 Å². The van der Waals surface area contributed by atoms with Crippen molar-refractivity contribution in [2.75, 3.05) is 0 Å². The standard InChI is InChI=1S/C8H4N2O5S.C8H10/c11-4-9-6-1-2-7(10-5-12)8(3-6)16(13,14)15;1-7-3-5-8(2)6-4-7/h1-3H,(H,13,14,15);3-6H,1-2H3. The van der Waals surface area contributed by atoms with Crippen molar-refractivity contribution in [1.29, 1.82) is 0 Å². The van der Waals surface area contributed by atoms with Gasteiger partial charge in [-0.15, -0.1) is 0 Å². The summed E-state index contributed by atoms with van der Waals surface area (Å²) in [7, 11) is -4.56. The largest absolute Gasteiger partial charge is 0.296 e. The SMILES string of the molecule is Cc1ccc(C)cc1.O=C=Nc1ccc(N=C=O)c(S(=O)(=O)O)c1. The number of carbonyl (C=O) groups excluding carboxylic acids is 2. The van der Waals surface area contributed by atoms with E-state index in [-0.39, 0.29) is 11.4 Å². The Morgan fingerprint density at radius 1 is 0.875 bits per heavy atom. The second kappa shape index (κ2) is 8.67. The van der Waals surface area contributed by atoms with Crippen LogP contribution in [-0.2, 0) is 19.7 Å². The quantitative estimate of drug-likeness (QED) is 0.521. The molecule has 0 aromatic heterocycles. The average molecular weight is 346 g/mol. The van der Waals surface area contributed by atoms with E-state index in [9.17, 15) is 18.0 Å². The third-order valence-electron chi connectivity index (χ3n) is 2.78. The summed E-state index contributed by atoms with van der Waals surface area (Å²) in [5, 5.41) is 0. The summed E-state index contributed by atoms with van der Waals surface area (Å²) in [6, 6.07) is 11.7. The van der Waals surface area contributed by atoms with E-state index in [1.165, 1.54) is 23.3 Å². The molecule has 0 saturated heterocycles. The van der Waals surface area contributed by atoms with Gasteiger partial charge >= 0.3 is 0 Å². The second-order valence-corrected chi connectivity index (χ2v) is 6.08. The van der Waals surface area contributed by atoms with Crippen molar-refractivity contribution in [3.05, 3.63) is 53.6 Å². The van der Waals surface area contributed by atoms with E-state index in [1.54, 1.807) is 0 Å². The smallest absolute Gasteiger partial charge is 0.282 e. The van der Waals surface area contributed by atoms with Gasteiger partial charge in [0.15, 0.2) is 0 Å². The molecule has 2 aromatic rings. The molecule has 0 fully saturated rings. The maximum absolute atomic E-state index is 10.9. The van der Waals surface area contributed by atoms with Gasteiger partial charge in [-0.1, -0.05) is 35.4 Å². The third kappa shape index (κ3) is 6.08. The summed E-state index contributed by atoms with van der Waals surface area (Å²) >= 11 is 0. The first-order valence-electron chi connectivity index (χ1n) is 6.58. The van der Waals surface area contributed by atoms with Gasteiger partial charge in [0.05, 0.1) is 11.4 Å². The van der Waals surface area contributed by atoms with Gasteiger partial charge in [0.25, 0.3) is 10.1 Å². The number of isocyanates is 2. The summed E-state index contributed by atoms with van der Waals surface area (Å²) in [4.78, 5) is 25.6. The first-order chi connectivity index (χ1) is 11.3. The number of benzene rings is 2. The van der Waals surface area contributed by atoms with Crippen molar-refractivity contribution in [2.45, 2.75) is 18.7 Å². The number of nitrogens with zero attached hydrogens (tertiary/aromatic N) is 2. The lowest BCUT2D eigenvalue weighted by Crippen LogP contribution is -1.98. The molecule has 24 heavy (non-hydrogen) atoms. The predicted octanol–water partition coefficient (Wildman–Crippen LogP) is 3.17. The fraction of sp³-hybridized carbons (Fsp3) is 0.125. The fourth-order valence-corrected chi connectivity index (χ4v) is 2.26. The fourth-order valence-electron chi connectivity index (χ4n) is 1.61. The predicted molar refractivity (Wildman–Crippen MR) is 87.7 cm³/mol. The van der Waals surface area contributed by atoms with Crippen LogP contribution in [0, 0.1) is 13.8 Å². The molecule has 124 valence electrons. The molecule has 7 nitrogen and oxygen atoms in total. The minimum Gasteiger partial charge on any atom is -0.282 e. The lowest BCUT2D eigenvalue weighted by Gasteiger charge is -2.00.